The largest absolute Gasteiger partial charge is 0.434 e. The van der Waals surface area contributed by atoms with Crippen LogP contribution < -0.4 is 10.1 Å². The van der Waals surface area contributed by atoms with Crippen molar-refractivity contribution in [2.45, 2.75) is 20.1 Å². The lowest BCUT2D eigenvalue weighted by atomic mass is 10.2. The van der Waals surface area contributed by atoms with E-state index < -0.39 is 16.4 Å². The zero-order chi connectivity index (χ0) is 14.3. The maximum Gasteiger partial charge on any atom is 0.387 e. The molecule has 0 atom stereocenters. The van der Waals surface area contributed by atoms with E-state index in [0.29, 0.717) is 5.56 Å². The number of hydrogen-bond acceptors (Lipinski definition) is 4. The van der Waals surface area contributed by atoms with Gasteiger partial charge in [-0.3, -0.25) is 0 Å². The maximum absolute atomic E-state index is 12.2. The number of hydrogen-bond donors (Lipinski definition) is 1. The summed E-state index contributed by atoms with van der Waals surface area (Å²) in [6.07, 6.45) is 0. The van der Waals surface area contributed by atoms with Gasteiger partial charge in [0.15, 0.2) is 9.84 Å². The average Bonchev–Trinajstić information content (AvgIpc) is 2.36. The molecule has 0 fully saturated rings. The van der Waals surface area contributed by atoms with Crippen LogP contribution in [0.2, 0.25) is 0 Å². The molecule has 0 saturated heterocycles. The van der Waals surface area contributed by atoms with Crippen molar-refractivity contribution in [2.75, 3.05) is 18.1 Å². The van der Waals surface area contributed by atoms with Gasteiger partial charge >= 0.3 is 6.61 Å². The van der Waals surface area contributed by atoms with E-state index in [1.807, 2.05) is 0 Å². The lowest BCUT2D eigenvalue weighted by Crippen LogP contribution is -2.23. The number of nitrogens with one attached hydrogen (secondary N) is 1. The van der Waals surface area contributed by atoms with Gasteiger partial charge in [0.25, 0.3) is 0 Å². The Labute approximate surface area is 111 Å². The SMILES string of the molecule is CCS(=O)(=O)CCNCc1ccccc1OC(F)F. The van der Waals surface area contributed by atoms with Crippen molar-refractivity contribution in [1.29, 1.82) is 0 Å². The van der Waals surface area contributed by atoms with E-state index in [2.05, 4.69) is 10.1 Å². The third kappa shape index (κ3) is 5.98. The molecule has 0 heterocycles. The molecule has 4 nitrogen and oxygen atoms in total. The Morgan fingerprint density at radius 3 is 2.63 bits per heavy atom. The summed E-state index contributed by atoms with van der Waals surface area (Å²) in [4.78, 5) is 0. The first-order valence-electron chi connectivity index (χ1n) is 5.88. The second-order valence-corrected chi connectivity index (χ2v) is 6.37. The summed E-state index contributed by atoms with van der Waals surface area (Å²) in [5, 5.41) is 2.90. The molecule has 1 N–H and O–H groups in total. The van der Waals surface area contributed by atoms with E-state index in [1.165, 1.54) is 6.07 Å². The van der Waals surface area contributed by atoms with Gasteiger partial charge in [0, 0.05) is 24.4 Å². The summed E-state index contributed by atoms with van der Waals surface area (Å²) < 4.78 is 51.2. The molecule has 0 aromatic heterocycles. The monoisotopic (exact) mass is 293 g/mol. The van der Waals surface area contributed by atoms with Crippen molar-refractivity contribution in [2.24, 2.45) is 0 Å². The van der Waals surface area contributed by atoms with Gasteiger partial charge in [-0.2, -0.15) is 8.78 Å². The molecule has 7 heteroatoms. The van der Waals surface area contributed by atoms with Crippen molar-refractivity contribution in [3.8, 4) is 5.75 Å². The van der Waals surface area contributed by atoms with Crippen molar-refractivity contribution in [3.63, 3.8) is 0 Å². The molecule has 0 aliphatic rings. The minimum atomic E-state index is -3.02. The lowest BCUT2D eigenvalue weighted by Gasteiger charge is -2.11. The fraction of sp³-hybridized carbons (Fsp3) is 0.500. The summed E-state index contributed by atoms with van der Waals surface area (Å²) in [6, 6.07) is 6.41. The Morgan fingerprint density at radius 1 is 1.32 bits per heavy atom. The number of alkyl halides is 2. The van der Waals surface area contributed by atoms with Crippen LogP contribution in [0.4, 0.5) is 8.78 Å². The van der Waals surface area contributed by atoms with Gasteiger partial charge in [-0.05, 0) is 6.07 Å². The minimum absolute atomic E-state index is 0.0291. The Hall–Kier alpha value is -1.21. The third-order valence-corrected chi connectivity index (χ3v) is 4.24. The summed E-state index contributed by atoms with van der Waals surface area (Å²) >= 11 is 0. The Balaban J connectivity index is 2.49. The van der Waals surface area contributed by atoms with E-state index in [0.717, 1.165) is 0 Å². The number of para-hydroxylation sites is 1. The van der Waals surface area contributed by atoms with Crippen LogP contribution in [0.3, 0.4) is 0 Å². The maximum atomic E-state index is 12.2. The Bertz CT molecular complexity index is 492. The zero-order valence-corrected chi connectivity index (χ0v) is 11.4. The van der Waals surface area contributed by atoms with E-state index in [-0.39, 0.29) is 30.3 Å². The fourth-order valence-electron chi connectivity index (χ4n) is 1.46. The van der Waals surface area contributed by atoms with Crippen molar-refractivity contribution < 1.29 is 21.9 Å². The van der Waals surface area contributed by atoms with Gasteiger partial charge in [0.05, 0.1) is 5.75 Å². The van der Waals surface area contributed by atoms with Crippen molar-refractivity contribution >= 4 is 9.84 Å². The van der Waals surface area contributed by atoms with Crippen LogP contribution in [0.1, 0.15) is 12.5 Å². The van der Waals surface area contributed by atoms with Gasteiger partial charge < -0.3 is 10.1 Å². The van der Waals surface area contributed by atoms with Crippen LogP contribution in [-0.2, 0) is 16.4 Å². The topological polar surface area (TPSA) is 55.4 Å². The van der Waals surface area contributed by atoms with Crippen molar-refractivity contribution in [1.82, 2.24) is 5.32 Å². The molecule has 108 valence electrons. The molecule has 0 amide bonds. The molecule has 1 aromatic carbocycles. The number of benzene rings is 1. The van der Waals surface area contributed by atoms with Crippen molar-refractivity contribution in [3.05, 3.63) is 29.8 Å². The highest BCUT2D eigenvalue weighted by Gasteiger charge is 2.10. The first kappa shape index (κ1) is 15.8. The van der Waals surface area contributed by atoms with Gasteiger partial charge in [-0.25, -0.2) is 8.42 Å². The molecule has 0 bridgehead atoms. The molecule has 0 aliphatic carbocycles. The zero-order valence-electron chi connectivity index (χ0n) is 10.6. The van der Waals surface area contributed by atoms with Crippen LogP contribution in [-0.4, -0.2) is 33.1 Å². The molecular weight excluding hydrogens is 276 g/mol. The molecule has 0 aliphatic heterocycles. The number of halogens is 2. The highest BCUT2D eigenvalue weighted by Crippen LogP contribution is 2.19. The second-order valence-electron chi connectivity index (χ2n) is 3.90. The lowest BCUT2D eigenvalue weighted by molar-refractivity contribution is -0.0504. The molecule has 1 aromatic rings. The van der Waals surface area contributed by atoms with E-state index >= 15 is 0 Å². The van der Waals surface area contributed by atoms with Crippen LogP contribution in [0.15, 0.2) is 24.3 Å². The summed E-state index contributed by atoms with van der Waals surface area (Å²) in [6.45, 7) is -0.732. The van der Waals surface area contributed by atoms with Crippen LogP contribution in [0.25, 0.3) is 0 Å². The normalized spacial score (nSPS) is 11.8. The van der Waals surface area contributed by atoms with E-state index in [4.69, 9.17) is 0 Å². The highest BCUT2D eigenvalue weighted by molar-refractivity contribution is 7.91. The first-order valence-corrected chi connectivity index (χ1v) is 7.70. The molecular formula is C12H17F2NO3S. The number of ether oxygens (including phenoxy) is 1. The molecule has 0 radical (unpaired) electrons. The molecule has 19 heavy (non-hydrogen) atoms. The predicted octanol–water partition coefficient (Wildman–Crippen LogP) is 1.81. The highest BCUT2D eigenvalue weighted by atomic mass is 32.2. The molecule has 0 saturated carbocycles. The van der Waals surface area contributed by atoms with Gasteiger partial charge in [0.1, 0.15) is 5.75 Å². The standard InChI is InChI=1S/C12H17F2NO3S/c1-2-19(16,17)8-7-15-9-10-5-3-4-6-11(10)18-12(13)14/h3-6,12,15H,2,7-9H2,1H3. The number of sulfone groups is 1. The third-order valence-electron chi connectivity index (χ3n) is 2.53. The minimum Gasteiger partial charge on any atom is -0.434 e. The molecule has 0 unspecified atom stereocenters. The quantitative estimate of drug-likeness (QED) is 0.743. The predicted molar refractivity (Wildman–Crippen MR) is 69.1 cm³/mol. The molecule has 0 spiro atoms. The van der Waals surface area contributed by atoms with Crippen LogP contribution in [0, 0.1) is 0 Å². The van der Waals surface area contributed by atoms with Crippen LogP contribution in [0.5, 0.6) is 5.75 Å². The smallest absolute Gasteiger partial charge is 0.387 e. The first-order chi connectivity index (χ1) is 8.94. The Morgan fingerprint density at radius 2 is 2.00 bits per heavy atom. The Kier molecular flexibility index (Phi) is 6.17. The van der Waals surface area contributed by atoms with Crippen LogP contribution >= 0.6 is 0 Å². The summed E-state index contributed by atoms with van der Waals surface area (Å²) in [5.41, 5.74) is 0.566. The second kappa shape index (κ2) is 7.40. The van der Waals surface area contributed by atoms with E-state index in [9.17, 15) is 17.2 Å². The molecule has 1 rings (SSSR count). The van der Waals surface area contributed by atoms with Gasteiger partial charge in [-0.15, -0.1) is 0 Å². The summed E-state index contributed by atoms with van der Waals surface area (Å²) in [5.74, 6) is 0.226. The van der Waals surface area contributed by atoms with E-state index in [1.54, 1.807) is 25.1 Å². The summed E-state index contributed by atoms with van der Waals surface area (Å²) in [7, 11) is -3.02. The van der Waals surface area contributed by atoms with Gasteiger partial charge in [0.2, 0.25) is 0 Å². The average molecular weight is 293 g/mol. The fourth-order valence-corrected chi connectivity index (χ4v) is 2.20. The number of rotatable bonds is 8. The van der Waals surface area contributed by atoms with Gasteiger partial charge in [-0.1, -0.05) is 25.1 Å².